The van der Waals surface area contributed by atoms with Gasteiger partial charge in [0, 0.05) is 24.1 Å². The average Bonchev–Trinajstić information content (AvgIpc) is 2.59. The van der Waals surface area contributed by atoms with Crippen LogP contribution in [-0.2, 0) is 9.59 Å². The molecule has 3 rings (SSSR count). The van der Waals surface area contributed by atoms with E-state index in [4.69, 9.17) is 16.3 Å². The average molecular weight is 395 g/mol. The van der Waals surface area contributed by atoms with Crippen LogP contribution in [0.3, 0.4) is 0 Å². The zero-order chi connectivity index (χ0) is 19.8. The van der Waals surface area contributed by atoms with E-state index in [1.807, 2.05) is 0 Å². The number of benzene rings is 2. The molecule has 0 saturated heterocycles. The third-order valence-corrected chi connectivity index (χ3v) is 4.34. The van der Waals surface area contributed by atoms with Crippen LogP contribution in [0.2, 0.25) is 5.02 Å². The van der Waals surface area contributed by atoms with Crippen molar-refractivity contribution in [1.82, 2.24) is 0 Å². The highest BCUT2D eigenvalue weighted by Crippen LogP contribution is 2.39. The van der Waals surface area contributed by atoms with Crippen LogP contribution in [0.1, 0.15) is 20.3 Å². The zero-order valence-electron chi connectivity index (χ0n) is 14.7. The molecule has 2 aromatic carbocycles. The monoisotopic (exact) mass is 394 g/mol. The van der Waals surface area contributed by atoms with Crippen LogP contribution in [-0.4, -0.2) is 24.0 Å². The van der Waals surface area contributed by atoms with Crippen molar-refractivity contribution in [1.29, 1.82) is 0 Å². The molecule has 27 heavy (non-hydrogen) atoms. The van der Waals surface area contributed by atoms with E-state index in [1.165, 1.54) is 4.90 Å². The third-order valence-electron chi connectivity index (χ3n) is 4.10. The normalized spacial score (nSPS) is 15.1. The minimum absolute atomic E-state index is 0.0295. The summed E-state index contributed by atoms with van der Waals surface area (Å²) in [5.74, 6) is -1.83. The predicted molar refractivity (Wildman–Crippen MR) is 98.1 cm³/mol. The van der Waals surface area contributed by atoms with E-state index in [9.17, 15) is 18.4 Å². The van der Waals surface area contributed by atoms with Crippen molar-refractivity contribution in [2.45, 2.75) is 25.9 Å². The maximum Gasteiger partial charge on any atom is 0.270 e. The van der Waals surface area contributed by atoms with Crippen LogP contribution in [0.5, 0.6) is 5.75 Å². The highest BCUT2D eigenvalue weighted by molar-refractivity contribution is 6.31. The number of carbonyl (C=O) groups is 2. The standard InChI is InChI=1S/C19H17ClF2N2O3/c1-19(2)18(26)24(15-9-11(20)3-6-16(15)27-19)8-7-17(25)23-14-10-12(21)4-5-13(14)22/h3-6,9-10H,7-8H2,1-2H3,(H,23,25). The number of halogens is 3. The van der Waals surface area contributed by atoms with Gasteiger partial charge in [-0.25, -0.2) is 8.78 Å². The number of ether oxygens (including phenoxy) is 1. The van der Waals surface area contributed by atoms with Gasteiger partial charge in [-0.15, -0.1) is 0 Å². The van der Waals surface area contributed by atoms with E-state index in [0.29, 0.717) is 16.5 Å². The fraction of sp³-hybridized carbons (Fsp3) is 0.263. The Bertz CT molecular complexity index is 918. The molecule has 1 aliphatic rings. The van der Waals surface area contributed by atoms with E-state index < -0.39 is 23.1 Å². The highest BCUT2D eigenvalue weighted by Gasteiger charge is 2.40. The van der Waals surface area contributed by atoms with E-state index in [1.54, 1.807) is 32.0 Å². The SMILES string of the molecule is CC1(C)Oc2ccc(Cl)cc2N(CCC(=O)Nc2cc(F)ccc2F)C1=O. The molecule has 0 bridgehead atoms. The molecule has 2 amide bonds. The van der Waals surface area contributed by atoms with E-state index in [-0.39, 0.29) is 24.6 Å². The molecular weight excluding hydrogens is 378 g/mol. The number of hydrogen-bond acceptors (Lipinski definition) is 3. The van der Waals surface area contributed by atoms with Crippen LogP contribution in [0.4, 0.5) is 20.2 Å². The fourth-order valence-corrected chi connectivity index (χ4v) is 2.95. The first-order valence-electron chi connectivity index (χ1n) is 8.23. The molecule has 0 fully saturated rings. The van der Waals surface area contributed by atoms with Crippen molar-refractivity contribution in [3.63, 3.8) is 0 Å². The summed E-state index contributed by atoms with van der Waals surface area (Å²) in [4.78, 5) is 26.3. The van der Waals surface area contributed by atoms with Crippen molar-refractivity contribution >= 4 is 34.8 Å². The van der Waals surface area contributed by atoms with Crippen molar-refractivity contribution in [2.24, 2.45) is 0 Å². The maximum absolute atomic E-state index is 13.7. The van der Waals surface area contributed by atoms with Gasteiger partial charge in [-0.3, -0.25) is 9.59 Å². The van der Waals surface area contributed by atoms with E-state index in [2.05, 4.69) is 5.32 Å². The summed E-state index contributed by atoms with van der Waals surface area (Å²) in [7, 11) is 0. The Morgan fingerprint density at radius 2 is 1.96 bits per heavy atom. The summed E-state index contributed by atoms with van der Waals surface area (Å²) < 4.78 is 32.6. The molecule has 0 aliphatic carbocycles. The Balaban J connectivity index is 1.76. The van der Waals surface area contributed by atoms with Crippen molar-refractivity contribution in [3.05, 3.63) is 53.1 Å². The lowest BCUT2D eigenvalue weighted by molar-refractivity contribution is -0.132. The van der Waals surface area contributed by atoms with Gasteiger partial charge in [-0.05, 0) is 44.2 Å². The molecule has 0 saturated carbocycles. The summed E-state index contributed by atoms with van der Waals surface area (Å²) in [5.41, 5.74) is -0.903. The molecular formula is C19H17ClF2N2O3. The van der Waals surface area contributed by atoms with Gasteiger partial charge < -0.3 is 15.0 Å². The maximum atomic E-state index is 13.7. The van der Waals surface area contributed by atoms with Crippen LogP contribution in [0, 0.1) is 11.6 Å². The zero-order valence-corrected chi connectivity index (χ0v) is 15.4. The van der Waals surface area contributed by atoms with E-state index >= 15 is 0 Å². The Hall–Kier alpha value is -2.67. The first-order chi connectivity index (χ1) is 12.7. The third kappa shape index (κ3) is 4.03. The Morgan fingerprint density at radius 1 is 1.22 bits per heavy atom. The molecule has 142 valence electrons. The van der Waals surface area contributed by atoms with Gasteiger partial charge in [0.05, 0.1) is 11.4 Å². The summed E-state index contributed by atoms with van der Waals surface area (Å²) in [5, 5.41) is 2.73. The topological polar surface area (TPSA) is 58.6 Å². The number of carbonyl (C=O) groups excluding carboxylic acids is 2. The Morgan fingerprint density at radius 3 is 2.70 bits per heavy atom. The highest BCUT2D eigenvalue weighted by atomic mass is 35.5. The Labute approximate surface area is 159 Å². The number of rotatable bonds is 4. The van der Waals surface area contributed by atoms with Crippen LogP contribution < -0.4 is 15.0 Å². The Kier molecular flexibility index (Phi) is 5.06. The van der Waals surface area contributed by atoms with Crippen LogP contribution >= 0.6 is 11.6 Å². The van der Waals surface area contributed by atoms with Gasteiger partial charge >= 0.3 is 0 Å². The molecule has 0 radical (unpaired) electrons. The molecule has 1 aliphatic heterocycles. The largest absolute Gasteiger partial charge is 0.476 e. The van der Waals surface area contributed by atoms with E-state index in [0.717, 1.165) is 18.2 Å². The lowest BCUT2D eigenvalue weighted by Gasteiger charge is -2.38. The van der Waals surface area contributed by atoms with Crippen molar-refractivity contribution in [2.75, 3.05) is 16.8 Å². The second kappa shape index (κ2) is 7.15. The van der Waals surface area contributed by atoms with Gasteiger partial charge in [0.1, 0.15) is 17.4 Å². The fourth-order valence-electron chi connectivity index (χ4n) is 2.78. The first kappa shape index (κ1) is 19.1. The molecule has 1 heterocycles. The number of amides is 2. The number of nitrogens with zero attached hydrogens (tertiary/aromatic N) is 1. The quantitative estimate of drug-likeness (QED) is 0.847. The smallest absolute Gasteiger partial charge is 0.270 e. The minimum atomic E-state index is -1.11. The van der Waals surface area contributed by atoms with Crippen molar-refractivity contribution in [3.8, 4) is 5.75 Å². The van der Waals surface area contributed by atoms with Gasteiger partial charge in [-0.1, -0.05) is 11.6 Å². The summed E-state index contributed by atoms with van der Waals surface area (Å²) in [6, 6.07) is 7.65. The molecule has 0 aromatic heterocycles. The minimum Gasteiger partial charge on any atom is -0.476 e. The lowest BCUT2D eigenvalue weighted by Crippen LogP contribution is -2.53. The molecule has 8 heteroatoms. The molecule has 0 unspecified atom stereocenters. The van der Waals surface area contributed by atoms with Gasteiger partial charge in [0.25, 0.3) is 5.91 Å². The predicted octanol–water partition coefficient (Wildman–Crippen LogP) is 4.15. The number of anilines is 2. The van der Waals surface area contributed by atoms with Gasteiger partial charge in [0.2, 0.25) is 5.91 Å². The molecule has 2 aromatic rings. The second-order valence-electron chi connectivity index (χ2n) is 6.60. The number of fused-ring (bicyclic) bond motifs is 1. The summed E-state index contributed by atoms with van der Waals surface area (Å²) in [6.45, 7) is 3.28. The number of hydrogen-bond donors (Lipinski definition) is 1. The van der Waals surface area contributed by atoms with Gasteiger partial charge in [0.15, 0.2) is 5.60 Å². The first-order valence-corrected chi connectivity index (χ1v) is 8.60. The number of nitrogens with one attached hydrogen (secondary N) is 1. The van der Waals surface area contributed by atoms with Gasteiger partial charge in [-0.2, -0.15) is 0 Å². The molecule has 1 N–H and O–H groups in total. The molecule has 5 nitrogen and oxygen atoms in total. The van der Waals surface area contributed by atoms with Crippen molar-refractivity contribution < 1.29 is 23.1 Å². The summed E-state index contributed by atoms with van der Waals surface area (Å²) >= 11 is 6.01. The summed E-state index contributed by atoms with van der Waals surface area (Å²) in [6.07, 6.45) is -0.121. The molecule has 0 atom stereocenters. The molecule has 0 spiro atoms. The van der Waals surface area contributed by atoms with Crippen LogP contribution in [0.25, 0.3) is 0 Å². The van der Waals surface area contributed by atoms with Crippen LogP contribution in [0.15, 0.2) is 36.4 Å². The second-order valence-corrected chi connectivity index (χ2v) is 7.04. The lowest BCUT2D eigenvalue weighted by atomic mass is 10.0.